The molecule has 0 aliphatic heterocycles. The molecule has 0 bridgehead atoms. The molecule has 0 atom stereocenters. The number of hydrogen-bond acceptors (Lipinski definition) is 4. The highest BCUT2D eigenvalue weighted by atomic mass is 16.5. The van der Waals surface area contributed by atoms with Crippen LogP contribution in [0.5, 0.6) is 0 Å². The first-order chi connectivity index (χ1) is 16.9. The van der Waals surface area contributed by atoms with Gasteiger partial charge in [0.2, 0.25) is 5.91 Å². The van der Waals surface area contributed by atoms with Gasteiger partial charge in [0, 0.05) is 24.6 Å². The highest BCUT2D eigenvalue weighted by Crippen LogP contribution is 2.44. The Morgan fingerprint density at radius 2 is 1.57 bits per heavy atom. The summed E-state index contributed by atoms with van der Waals surface area (Å²) in [5.74, 6) is -1.14. The number of carboxylic acid groups (broad SMARTS) is 1. The fourth-order valence-electron chi connectivity index (χ4n) is 4.40. The Labute approximate surface area is 204 Å². The summed E-state index contributed by atoms with van der Waals surface area (Å²) in [4.78, 5) is 35.4. The van der Waals surface area contributed by atoms with E-state index in [0.29, 0.717) is 37.1 Å². The summed E-state index contributed by atoms with van der Waals surface area (Å²) in [6, 6.07) is 21.0. The van der Waals surface area contributed by atoms with Gasteiger partial charge >= 0.3 is 12.1 Å². The van der Waals surface area contributed by atoms with Crippen molar-refractivity contribution < 1.29 is 24.2 Å². The SMILES string of the molecule is Cc1cc(C(=O)O)ccc1NC(=O)CCCCNC(=O)OCC1c2ccccc2-c2ccccc21. The number of carbonyl (C=O) groups is 3. The molecule has 7 heteroatoms. The number of carbonyl (C=O) groups excluding carboxylic acids is 2. The minimum atomic E-state index is -1.00. The first-order valence-electron chi connectivity index (χ1n) is 11.7. The lowest BCUT2D eigenvalue weighted by atomic mass is 9.98. The second kappa shape index (κ2) is 10.9. The standard InChI is InChI=1S/C28H28N2O5/c1-18-16-19(27(32)33)13-14-25(18)30-26(31)12-6-7-15-29-28(34)35-17-24-22-10-4-2-8-20(22)21-9-3-5-11-23(21)24/h2-5,8-11,13-14,16,24H,6-7,12,15,17H2,1H3,(H,29,34)(H,30,31)(H,32,33). The summed E-state index contributed by atoms with van der Waals surface area (Å²) in [5.41, 5.74) is 6.17. The number of nitrogens with one attached hydrogen (secondary N) is 2. The molecule has 0 unspecified atom stereocenters. The third-order valence-electron chi connectivity index (χ3n) is 6.19. The highest BCUT2D eigenvalue weighted by molar-refractivity contribution is 5.93. The molecule has 0 radical (unpaired) electrons. The van der Waals surface area contributed by atoms with Crippen molar-refractivity contribution in [3.63, 3.8) is 0 Å². The van der Waals surface area contributed by atoms with Gasteiger partial charge in [-0.15, -0.1) is 0 Å². The second-order valence-corrected chi connectivity index (χ2v) is 8.59. The molecule has 1 aliphatic carbocycles. The van der Waals surface area contributed by atoms with E-state index in [-0.39, 0.29) is 24.0 Å². The number of hydrogen-bond donors (Lipinski definition) is 3. The van der Waals surface area contributed by atoms with Crippen molar-refractivity contribution in [2.24, 2.45) is 0 Å². The van der Waals surface area contributed by atoms with Gasteiger partial charge < -0.3 is 20.5 Å². The molecule has 3 aromatic carbocycles. The van der Waals surface area contributed by atoms with E-state index >= 15 is 0 Å². The van der Waals surface area contributed by atoms with Gasteiger partial charge in [0.05, 0.1) is 5.56 Å². The van der Waals surface area contributed by atoms with Gasteiger partial charge in [0.15, 0.2) is 0 Å². The Bertz CT molecular complexity index is 1210. The summed E-state index contributed by atoms with van der Waals surface area (Å²) in [6.07, 6.45) is 1.06. The maximum Gasteiger partial charge on any atom is 0.407 e. The zero-order chi connectivity index (χ0) is 24.8. The predicted octanol–water partition coefficient (Wildman–Crippen LogP) is 5.34. The van der Waals surface area contributed by atoms with E-state index in [1.54, 1.807) is 13.0 Å². The van der Waals surface area contributed by atoms with Crippen LogP contribution in [0.2, 0.25) is 0 Å². The Hall–Kier alpha value is -4.13. The van der Waals surface area contributed by atoms with Gasteiger partial charge in [0.1, 0.15) is 6.61 Å². The molecule has 0 saturated heterocycles. The highest BCUT2D eigenvalue weighted by Gasteiger charge is 2.28. The third kappa shape index (κ3) is 5.69. The number of amides is 2. The van der Waals surface area contributed by atoms with E-state index in [2.05, 4.69) is 34.9 Å². The molecule has 3 aromatic rings. The average molecular weight is 473 g/mol. The van der Waals surface area contributed by atoms with Crippen molar-refractivity contribution in [2.45, 2.75) is 32.1 Å². The molecule has 2 amide bonds. The van der Waals surface area contributed by atoms with Crippen LogP contribution in [0.4, 0.5) is 10.5 Å². The van der Waals surface area contributed by atoms with E-state index in [9.17, 15) is 14.4 Å². The van der Waals surface area contributed by atoms with Gasteiger partial charge in [0.25, 0.3) is 0 Å². The van der Waals surface area contributed by atoms with E-state index in [4.69, 9.17) is 9.84 Å². The first kappa shape index (κ1) is 24.0. The number of alkyl carbamates (subject to hydrolysis) is 1. The zero-order valence-corrected chi connectivity index (χ0v) is 19.5. The molecule has 0 spiro atoms. The Morgan fingerprint density at radius 1 is 0.914 bits per heavy atom. The summed E-state index contributed by atoms with van der Waals surface area (Å²) in [6.45, 7) is 2.43. The maximum atomic E-state index is 12.2. The van der Waals surface area contributed by atoms with Gasteiger partial charge in [-0.05, 0) is 65.8 Å². The summed E-state index contributed by atoms with van der Waals surface area (Å²) in [7, 11) is 0. The minimum Gasteiger partial charge on any atom is -0.478 e. The molecule has 180 valence electrons. The van der Waals surface area contributed by atoms with E-state index in [1.165, 1.54) is 34.4 Å². The smallest absolute Gasteiger partial charge is 0.407 e. The Morgan fingerprint density at radius 3 is 2.20 bits per heavy atom. The summed E-state index contributed by atoms with van der Waals surface area (Å²) in [5, 5.41) is 14.6. The number of anilines is 1. The van der Waals surface area contributed by atoms with E-state index < -0.39 is 12.1 Å². The van der Waals surface area contributed by atoms with Crippen molar-refractivity contribution in [1.82, 2.24) is 5.32 Å². The van der Waals surface area contributed by atoms with Crippen LogP contribution < -0.4 is 10.6 Å². The number of carboxylic acids is 1. The molecule has 0 fully saturated rings. The van der Waals surface area contributed by atoms with Crippen molar-refractivity contribution in [2.75, 3.05) is 18.5 Å². The molecule has 0 saturated carbocycles. The number of aromatic carboxylic acids is 1. The number of ether oxygens (including phenoxy) is 1. The fourth-order valence-corrected chi connectivity index (χ4v) is 4.40. The second-order valence-electron chi connectivity index (χ2n) is 8.59. The molecule has 4 rings (SSSR count). The average Bonchev–Trinajstić information content (AvgIpc) is 3.17. The lowest BCUT2D eigenvalue weighted by Crippen LogP contribution is -2.27. The molecule has 0 aromatic heterocycles. The van der Waals surface area contributed by atoms with Crippen molar-refractivity contribution in [3.05, 3.63) is 89.0 Å². The van der Waals surface area contributed by atoms with Crippen LogP contribution in [-0.4, -0.2) is 36.2 Å². The first-order valence-corrected chi connectivity index (χ1v) is 11.7. The molecule has 35 heavy (non-hydrogen) atoms. The van der Waals surface area contributed by atoms with Crippen molar-refractivity contribution >= 4 is 23.7 Å². The molecular weight excluding hydrogens is 444 g/mol. The van der Waals surface area contributed by atoms with Crippen LogP contribution in [-0.2, 0) is 9.53 Å². The number of fused-ring (bicyclic) bond motifs is 3. The van der Waals surface area contributed by atoms with Crippen LogP contribution in [0.15, 0.2) is 66.7 Å². The van der Waals surface area contributed by atoms with Crippen LogP contribution in [0.1, 0.15) is 52.2 Å². The molecule has 1 aliphatic rings. The quantitative estimate of drug-likeness (QED) is 0.365. The largest absolute Gasteiger partial charge is 0.478 e. The van der Waals surface area contributed by atoms with Crippen LogP contribution in [0.25, 0.3) is 11.1 Å². The number of unbranched alkanes of at least 4 members (excludes halogenated alkanes) is 1. The van der Waals surface area contributed by atoms with Crippen molar-refractivity contribution in [3.8, 4) is 11.1 Å². The van der Waals surface area contributed by atoms with Crippen LogP contribution in [0, 0.1) is 6.92 Å². The van der Waals surface area contributed by atoms with E-state index in [1.807, 2.05) is 24.3 Å². The van der Waals surface area contributed by atoms with Crippen LogP contribution >= 0.6 is 0 Å². The predicted molar refractivity (Wildman–Crippen MR) is 134 cm³/mol. The monoisotopic (exact) mass is 472 g/mol. The van der Waals surface area contributed by atoms with Gasteiger partial charge in [-0.2, -0.15) is 0 Å². The van der Waals surface area contributed by atoms with Crippen molar-refractivity contribution in [1.29, 1.82) is 0 Å². The zero-order valence-electron chi connectivity index (χ0n) is 19.5. The van der Waals surface area contributed by atoms with E-state index in [0.717, 1.165) is 0 Å². The number of benzene rings is 3. The lowest BCUT2D eigenvalue weighted by molar-refractivity contribution is -0.116. The van der Waals surface area contributed by atoms with Crippen LogP contribution in [0.3, 0.4) is 0 Å². The molecule has 7 nitrogen and oxygen atoms in total. The Kier molecular flexibility index (Phi) is 7.45. The Balaban J connectivity index is 1.17. The third-order valence-corrected chi connectivity index (χ3v) is 6.19. The fraction of sp³-hybridized carbons (Fsp3) is 0.250. The number of rotatable bonds is 9. The lowest BCUT2D eigenvalue weighted by Gasteiger charge is -2.14. The molecule has 0 heterocycles. The minimum absolute atomic E-state index is 0.0184. The maximum absolute atomic E-state index is 12.2. The van der Waals surface area contributed by atoms with Gasteiger partial charge in [-0.3, -0.25) is 4.79 Å². The summed E-state index contributed by atoms with van der Waals surface area (Å²) >= 11 is 0. The normalized spacial score (nSPS) is 11.9. The number of aryl methyl sites for hydroxylation is 1. The van der Waals surface area contributed by atoms with Gasteiger partial charge in [-0.25, -0.2) is 9.59 Å². The molecular formula is C28H28N2O5. The summed E-state index contributed by atoms with van der Waals surface area (Å²) < 4.78 is 5.51. The molecule has 3 N–H and O–H groups in total. The van der Waals surface area contributed by atoms with Gasteiger partial charge in [-0.1, -0.05) is 48.5 Å². The topological polar surface area (TPSA) is 105 Å².